The Morgan fingerprint density at radius 1 is 1.04 bits per heavy atom. The van der Waals surface area contributed by atoms with Gasteiger partial charge >= 0.3 is 0 Å². The number of nitrogens with one attached hydrogen (secondary N) is 2. The Kier molecular flexibility index (Phi) is 4.45. The zero-order chi connectivity index (χ0) is 16.8. The second-order valence-corrected chi connectivity index (χ2v) is 4.91. The van der Waals surface area contributed by atoms with E-state index in [0.29, 0.717) is 28.3 Å². The first-order valence-corrected chi connectivity index (χ1v) is 7.20. The summed E-state index contributed by atoms with van der Waals surface area (Å²) in [6.45, 7) is 0. The van der Waals surface area contributed by atoms with Crippen molar-refractivity contribution in [2.75, 3.05) is 10.6 Å². The number of amides is 1. The van der Waals surface area contributed by atoms with Crippen LogP contribution in [0.15, 0.2) is 67.1 Å². The third-order valence-electron chi connectivity index (χ3n) is 3.26. The fourth-order valence-electron chi connectivity index (χ4n) is 2.07. The van der Waals surface area contributed by atoms with Gasteiger partial charge in [-0.05, 0) is 36.4 Å². The Hall–Kier alpha value is -3.72. The molecule has 0 spiro atoms. The molecule has 1 amide bonds. The van der Waals surface area contributed by atoms with Crippen molar-refractivity contribution in [1.29, 1.82) is 5.26 Å². The molecule has 0 saturated heterocycles. The summed E-state index contributed by atoms with van der Waals surface area (Å²) in [7, 11) is 0. The molecule has 0 unspecified atom stereocenters. The molecule has 2 heterocycles. The van der Waals surface area contributed by atoms with Gasteiger partial charge < -0.3 is 10.6 Å². The molecular weight excluding hydrogens is 302 g/mol. The van der Waals surface area contributed by atoms with Crippen molar-refractivity contribution in [3.8, 4) is 6.07 Å². The van der Waals surface area contributed by atoms with Gasteiger partial charge in [-0.3, -0.25) is 9.78 Å². The van der Waals surface area contributed by atoms with Crippen LogP contribution in [0, 0.1) is 11.3 Å². The summed E-state index contributed by atoms with van der Waals surface area (Å²) in [5.74, 6) is 0.331. The van der Waals surface area contributed by atoms with Gasteiger partial charge in [-0.25, -0.2) is 4.98 Å². The molecule has 3 aromatic rings. The van der Waals surface area contributed by atoms with Gasteiger partial charge in [0.1, 0.15) is 11.9 Å². The van der Waals surface area contributed by atoms with Gasteiger partial charge in [-0.2, -0.15) is 5.26 Å². The predicted octanol–water partition coefficient (Wildman–Crippen LogP) is 3.34. The number of rotatable bonds is 4. The lowest BCUT2D eigenvalue weighted by Crippen LogP contribution is -2.12. The van der Waals surface area contributed by atoms with E-state index in [9.17, 15) is 4.79 Å². The monoisotopic (exact) mass is 315 g/mol. The summed E-state index contributed by atoms with van der Waals surface area (Å²) in [4.78, 5) is 20.2. The van der Waals surface area contributed by atoms with Gasteiger partial charge in [0, 0.05) is 12.4 Å². The van der Waals surface area contributed by atoms with Crippen LogP contribution in [0.1, 0.15) is 15.9 Å². The lowest BCUT2D eigenvalue weighted by Gasteiger charge is -2.08. The van der Waals surface area contributed by atoms with Gasteiger partial charge in [0.15, 0.2) is 0 Å². The maximum absolute atomic E-state index is 12.0. The lowest BCUT2D eigenvalue weighted by atomic mass is 10.2. The third-order valence-corrected chi connectivity index (χ3v) is 3.26. The van der Waals surface area contributed by atoms with Crippen LogP contribution in [0.4, 0.5) is 17.2 Å². The Morgan fingerprint density at radius 2 is 1.92 bits per heavy atom. The molecule has 116 valence electrons. The maximum atomic E-state index is 12.0. The normalized spacial score (nSPS) is 9.79. The van der Waals surface area contributed by atoms with Crippen LogP contribution in [-0.2, 0) is 0 Å². The molecule has 0 bridgehead atoms. The highest BCUT2D eigenvalue weighted by atomic mass is 16.1. The molecular formula is C18H13N5O. The van der Waals surface area contributed by atoms with E-state index in [0.717, 1.165) is 0 Å². The number of para-hydroxylation sites is 1. The molecule has 0 fully saturated rings. The number of aromatic nitrogens is 2. The molecule has 0 aliphatic carbocycles. The lowest BCUT2D eigenvalue weighted by molar-refractivity contribution is 0.102. The molecule has 2 aromatic heterocycles. The van der Waals surface area contributed by atoms with Gasteiger partial charge in [-0.15, -0.1) is 0 Å². The zero-order valence-electron chi connectivity index (χ0n) is 12.6. The number of carbonyl (C=O) groups is 1. The summed E-state index contributed by atoms with van der Waals surface area (Å²) in [6, 6.07) is 16.1. The average molecular weight is 315 g/mol. The Balaban J connectivity index is 1.70. The fraction of sp³-hybridized carbons (Fsp3) is 0. The van der Waals surface area contributed by atoms with Gasteiger partial charge in [-0.1, -0.05) is 12.1 Å². The van der Waals surface area contributed by atoms with Crippen molar-refractivity contribution in [1.82, 2.24) is 9.97 Å². The minimum atomic E-state index is -0.250. The molecule has 0 atom stereocenters. The van der Waals surface area contributed by atoms with E-state index in [1.54, 1.807) is 54.9 Å². The highest BCUT2D eigenvalue weighted by Crippen LogP contribution is 2.19. The first-order valence-electron chi connectivity index (χ1n) is 7.20. The van der Waals surface area contributed by atoms with Crippen LogP contribution < -0.4 is 10.6 Å². The Labute approximate surface area is 138 Å². The van der Waals surface area contributed by atoms with Gasteiger partial charge in [0.2, 0.25) is 0 Å². The van der Waals surface area contributed by atoms with Crippen molar-refractivity contribution in [2.45, 2.75) is 0 Å². The van der Waals surface area contributed by atoms with Crippen LogP contribution in [0.3, 0.4) is 0 Å². The number of nitrogens with zero attached hydrogens (tertiary/aromatic N) is 3. The summed E-state index contributed by atoms with van der Waals surface area (Å²) in [5.41, 5.74) is 2.26. The molecule has 0 radical (unpaired) electrons. The maximum Gasteiger partial charge on any atom is 0.257 e. The van der Waals surface area contributed by atoms with Gasteiger partial charge in [0.25, 0.3) is 5.91 Å². The van der Waals surface area contributed by atoms with Crippen molar-refractivity contribution < 1.29 is 4.79 Å². The first kappa shape index (κ1) is 15.2. The summed E-state index contributed by atoms with van der Waals surface area (Å²) in [6.07, 6.45) is 4.65. The number of nitriles is 1. The number of pyridine rings is 2. The molecule has 3 rings (SSSR count). The fourth-order valence-corrected chi connectivity index (χ4v) is 2.07. The second-order valence-electron chi connectivity index (χ2n) is 4.91. The average Bonchev–Trinajstić information content (AvgIpc) is 2.64. The number of hydrogen-bond acceptors (Lipinski definition) is 5. The molecule has 24 heavy (non-hydrogen) atoms. The Morgan fingerprint density at radius 3 is 2.62 bits per heavy atom. The third kappa shape index (κ3) is 3.54. The number of benzene rings is 1. The van der Waals surface area contributed by atoms with Crippen LogP contribution in [0.5, 0.6) is 0 Å². The van der Waals surface area contributed by atoms with Crippen molar-refractivity contribution >= 4 is 23.1 Å². The molecule has 2 N–H and O–H groups in total. The second kappa shape index (κ2) is 7.03. The summed E-state index contributed by atoms with van der Waals surface area (Å²) in [5, 5.41) is 14.9. The predicted molar refractivity (Wildman–Crippen MR) is 90.9 cm³/mol. The van der Waals surface area contributed by atoms with Crippen molar-refractivity contribution in [2.24, 2.45) is 0 Å². The molecule has 6 nitrogen and oxygen atoms in total. The molecule has 6 heteroatoms. The smallest absolute Gasteiger partial charge is 0.257 e. The molecule has 0 saturated carbocycles. The number of carbonyl (C=O) groups excluding carboxylic acids is 1. The minimum Gasteiger partial charge on any atom is -0.339 e. The van der Waals surface area contributed by atoms with Crippen LogP contribution >= 0.6 is 0 Å². The largest absolute Gasteiger partial charge is 0.339 e. The van der Waals surface area contributed by atoms with E-state index >= 15 is 0 Å². The standard InChI is InChI=1S/C18H13N5O/c19-10-13-4-1-2-6-16(13)23-17-8-7-15(12-21-17)22-18(24)14-5-3-9-20-11-14/h1-9,11-12H,(H,21,23)(H,22,24). The Bertz CT molecular complexity index is 885. The van der Waals surface area contributed by atoms with Crippen LogP contribution in [0.2, 0.25) is 0 Å². The van der Waals surface area contributed by atoms with Crippen molar-refractivity contribution in [3.63, 3.8) is 0 Å². The first-order chi connectivity index (χ1) is 11.8. The van der Waals surface area contributed by atoms with E-state index < -0.39 is 0 Å². The van der Waals surface area contributed by atoms with E-state index in [4.69, 9.17) is 5.26 Å². The quantitative estimate of drug-likeness (QED) is 0.770. The summed E-state index contributed by atoms with van der Waals surface area (Å²) >= 11 is 0. The summed E-state index contributed by atoms with van der Waals surface area (Å²) < 4.78 is 0. The van der Waals surface area contributed by atoms with Gasteiger partial charge in [0.05, 0.1) is 28.7 Å². The molecule has 0 aliphatic heterocycles. The van der Waals surface area contributed by atoms with E-state index in [1.807, 2.05) is 6.07 Å². The minimum absolute atomic E-state index is 0.250. The van der Waals surface area contributed by atoms with E-state index in [2.05, 4.69) is 26.7 Å². The highest BCUT2D eigenvalue weighted by Gasteiger charge is 2.06. The molecule has 0 aliphatic rings. The van der Waals surface area contributed by atoms with Crippen molar-refractivity contribution in [3.05, 3.63) is 78.2 Å². The SMILES string of the molecule is N#Cc1ccccc1Nc1ccc(NC(=O)c2cccnc2)cn1. The highest BCUT2D eigenvalue weighted by molar-refractivity contribution is 6.03. The number of hydrogen-bond donors (Lipinski definition) is 2. The zero-order valence-corrected chi connectivity index (χ0v) is 12.6. The van der Waals surface area contributed by atoms with E-state index in [1.165, 1.54) is 6.20 Å². The van der Waals surface area contributed by atoms with Crippen LogP contribution in [-0.4, -0.2) is 15.9 Å². The van der Waals surface area contributed by atoms with E-state index in [-0.39, 0.29) is 5.91 Å². The number of anilines is 3. The molecule has 1 aromatic carbocycles. The topological polar surface area (TPSA) is 90.7 Å². The van der Waals surface area contributed by atoms with Crippen LogP contribution in [0.25, 0.3) is 0 Å².